The molecule has 68 valence electrons. The summed E-state index contributed by atoms with van der Waals surface area (Å²) < 4.78 is 33.9. The maximum Gasteiger partial charge on any atom is 1.00 e. The summed E-state index contributed by atoms with van der Waals surface area (Å²) in [6.45, 7) is 0. The Bertz CT molecular complexity index is 323. The molecule has 0 spiro atoms. The van der Waals surface area contributed by atoms with Crippen molar-refractivity contribution >= 4 is 16.1 Å². The van der Waals surface area contributed by atoms with Gasteiger partial charge in [-0.1, -0.05) is 0 Å². The Labute approximate surface area is 96.6 Å². The van der Waals surface area contributed by atoms with Gasteiger partial charge in [0.1, 0.15) is 5.97 Å². The second-order valence-corrected chi connectivity index (χ2v) is 3.82. The molecule has 1 rings (SSSR count). The van der Waals surface area contributed by atoms with E-state index in [9.17, 15) is 18.3 Å². The van der Waals surface area contributed by atoms with Gasteiger partial charge in [-0.2, -0.15) is 8.42 Å². The monoisotopic (exact) mass is 216 g/mol. The van der Waals surface area contributed by atoms with Gasteiger partial charge in [-0.3, -0.25) is 4.55 Å². The Morgan fingerprint density at radius 1 is 1.62 bits per heavy atom. The number of carbonyl (C=O) groups is 1. The van der Waals surface area contributed by atoms with E-state index in [1.165, 1.54) is 6.08 Å². The molecule has 8 heteroatoms. The van der Waals surface area contributed by atoms with Crippen molar-refractivity contribution in [3.63, 3.8) is 0 Å². The average Bonchev–Trinajstić information content (AvgIpc) is 2.31. The first-order chi connectivity index (χ1) is 5.40. The van der Waals surface area contributed by atoms with E-state index in [-0.39, 0.29) is 29.6 Å². The number of carboxylic acids is 1. The first-order valence-electron chi connectivity index (χ1n) is 2.91. The summed E-state index contributed by atoms with van der Waals surface area (Å²) in [4.78, 5) is 7.71. The van der Waals surface area contributed by atoms with Gasteiger partial charge in [0.05, 0.1) is 6.26 Å². The van der Waals surface area contributed by atoms with Crippen LogP contribution in [0.2, 0.25) is 0 Å². The van der Waals surface area contributed by atoms with Gasteiger partial charge in [-0.15, -0.1) is 0 Å². The SMILES string of the molecule is O=C([O-])C1(S(=O)(=O)O)CC=CO1.[Na+]. The maximum absolute atomic E-state index is 10.6. The van der Waals surface area contributed by atoms with Crippen LogP contribution in [0, 0.1) is 0 Å². The fraction of sp³-hybridized carbons (Fsp3) is 0.400. The molecule has 0 aromatic rings. The Morgan fingerprint density at radius 3 is 2.31 bits per heavy atom. The van der Waals surface area contributed by atoms with Crippen LogP contribution in [0.5, 0.6) is 0 Å². The van der Waals surface area contributed by atoms with Gasteiger partial charge in [0, 0.05) is 6.42 Å². The van der Waals surface area contributed by atoms with Crippen molar-refractivity contribution in [2.45, 2.75) is 11.4 Å². The minimum Gasteiger partial charge on any atom is -0.545 e. The van der Waals surface area contributed by atoms with E-state index in [1.807, 2.05) is 0 Å². The van der Waals surface area contributed by atoms with Crippen molar-refractivity contribution in [1.29, 1.82) is 0 Å². The van der Waals surface area contributed by atoms with Gasteiger partial charge in [-0.05, 0) is 6.08 Å². The van der Waals surface area contributed by atoms with Gasteiger partial charge >= 0.3 is 39.7 Å². The van der Waals surface area contributed by atoms with Gasteiger partial charge in [0.15, 0.2) is 0 Å². The molecular weight excluding hydrogens is 211 g/mol. The minimum absolute atomic E-state index is 0. The van der Waals surface area contributed by atoms with Crippen LogP contribution in [0.25, 0.3) is 0 Å². The molecule has 0 fully saturated rings. The van der Waals surface area contributed by atoms with Crippen molar-refractivity contribution < 1.29 is 57.2 Å². The summed E-state index contributed by atoms with van der Waals surface area (Å²) >= 11 is 0. The third-order valence-corrected chi connectivity index (χ3v) is 2.73. The van der Waals surface area contributed by atoms with Crippen LogP contribution >= 0.6 is 0 Å². The summed E-state index contributed by atoms with van der Waals surface area (Å²) in [5.41, 5.74) is 0. The third-order valence-electron chi connectivity index (χ3n) is 1.47. The van der Waals surface area contributed by atoms with E-state index >= 15 is 0 Å². The molecule has 0 aliphatic carbocycles. The molecule has 1 heterocycles. The van der Waals surface area contributed by atoms with E-state index in [2.05, 4.69) is 4.74 Å². The number of hydrogen-bond acceptors (Lipinski definition) is 5. The van der Waals surface area contributed by atoms with Gasteiger partial charge < -0.3 is 14.6 Å². The summed E-state index contributed by atoms with van der Waals surface area (Å²) in [5.74, 6) is -1.98. The van der Waals surface area contributed by atoms with E-state index in [0.29, 0.717) is 0 Å². The summed E-state index contributed by atoms with van der Waals surface area (Å²) in [6.07, 6.45) is 1.61. The van der Waals surface area contributed by atoms with Crippen LogP contribution in [0.3, 0.4) is 0 Å². The Kier molecular flexibility index (Phi) is 3.95. The molecule has 0 saturated heterocycles. The first-order valence-corrected chi connectivity index (χ1v) is 4.35. The quantitative estimate of drug-likeness (QED) is 0.367. The Balaban J connectivity index is 0.00000144. The number of carbonyl (C=O) groups excluding carboxylic acids is 1. The van der Waals surface area contributed by atoms with Crippen LogP contribution in [0.15, 0.2) is 12.3 Å². The predicted octanol–water partition coefficient (Wildman–Crippen LogP) is -4.74. The first kappa shape index (κ1) is 12.9. The molecule has 6 nitrogen and oxygen atoms in total. The predicted molar refractivity (Wildman–Crippen MR) is 34.1 cm³/mol. The molecule has 0 aromatic heterocycles. The largest absolute Gasteiger partial charge is 1.00 e. The summed E-state index contributed by atoms with van der Waals surface area (Å²) in [7, 11) is -4.81. The molecule has 1 unspecified atom stereocenters. The molecule has 1 N–H and O–H groups in total. The summed E-state index contributed by atoms with van der Waals surface area (Å²) in [5, 5.41) is 10.4. The van der Waals surface area contributed by atoms with E-state index < -0.39 is 27.4 Å². The molecular formula is C5H5NaO6S. The molecule has 1 aliphatic rings. The fourth-order valence-corrected chi connectivity index (χ4v) is 1.51. The van der Waals surface area contributed by atoms with Crippen molar-refractivity contribution in [3.8, 4) is 0 Å². The van der Waals surface area contributed by atoms with E-state index in [4.69, 9.17) is 4.55 Å². The number of rotatable bonds is 2. The average molecular weight is 216 g/mol. The molecule has 1 atom stereocenters. The molecule has 0 amide bonds. The smallest absolute Gasteiger partial charge is 0.545 e. The van der Waals surface area contributed by atoms with Gasteiger partial charge in [0.2, 0.25) is 0 Å². The van der Waals surface area contributed by atoms with E-state index in [0.717, 1.165) is 6.26 Å². The minimum atomic E-state index is -4.81. The Hall–Kier alpha value is -0.0800. The van der Waals surface area contributed by atoms with Crippen LogP contribution in [-0.2, 0) is 19.6 Å². The van der Waals surface area contributed by atoms with Crippen LogP contribution in [-0.4, -0.2) is 23.9 Å². The van der Waals surface area contributed by atoms with Crippen LogP contribution in [0.4, 0.5) is 0 Å². The maximum atomic E-state index is 10.6. The topological polar surface area (TPSA) is 104 Å². The molecule has 0 bridgehead atoms. The van der Waals surface area contributed by atoms with Crippen molar-refractivity contribution in [1.82, 2.24) is 0 Å². The van der Waals surface area contributed by atoms with Crippen LogP contribution in [0.1, 0.15) is 6.42 Å². The second-order valence-electron chi connectivity index (χ2n) is 2.21. The molecule has 13 heavy (non-hydrogen) atoms. The number of hydrogen-bond donors (Lipinski definition) is 1. The zero-order chi connectivity index (χ0) is 9.41. The Morgan fingerprint density at radius 2 is 2.15 bits per heavy atom. The summed E-state index contributed by atoms with van der Waals surface area (Å²) in [6, 6.07) is 0. The number of aliphatic carboxylic acids is 1. The standard InChI is InChI=1S/C5H6O6S.Na/c6-4(7)5(12(8,9)10)2-1-3-11-5;/h1,3H,2H2,(H,6,7)(H,8,9,10);/q;+1/p-1. The third kappa shape index (κ3) is 2.05. The van der Waals surface area contributed by atoms with Gasteiger partial charge in [0.25, 0.3) is 4.93 Å². The fourth-order valence-electron chi connectivity index (χ4n) is 0.812. The zero-order valence-electron chi connectivity index (χ0n) is 6.76. The number of carboxylic acid groups (broad SMARTS) is 1. The van der Waals surface area contributed by atoms with Crippen molar-refractivity contribution in [3.05, 3.63) is 12.3 Å². The molecule has 0 aromatic carbocycles. The number of ether oxygens (including phenoxy) is 1. The van der Waals surface area contributed by atoms with Crippen molar-refractivity contribution in [2.75, 3.05) is 0 Å². The normalized spacial score (nSPS) is 26.2. The molecule has 1 aliphatic heterocycles. The molecule has 0 radical (unpaired) electrons. The van der Waals surface area contributed by atoms with Gasteiger partial charge in [-0.25, -0.2) is 0 Å². The van der Waals surface area contributed by atoms with Crippen LogP contribution < -0.4 is 34.7 Å². The molecule has 0 saturated carbocycles. The second kappa shape index (κ2) is 3.97. The zero-order valence-corrected chi connectivity index (χ0v) is 9.58. The van der Waals surface area contributed by atoms with Crippen molar-refractivity contribution in [2.24, 2.45) is 0 Å². The van der Waals surface area contributed by atoms with E-state index in [1.54, 1.807) is 0 Å².